The highest BCUT2D eigenvalue weighted by atomic mass is 79.9. The Labute approximate surface area is 120 Å². The Morgan fingerprint density at radius 2 is 2.32 bits per heavy atom. The highest BCUT2D eigenvalue weighted by Crippen LogP contribution is 2.58. The molecule has 0 aromatic carbocycles. The maximum absolute atomic E-state index is 12.0. The number of rotatable bonds is 2. The fourth-order valence-corrected chi connectivity index (χ4v) is 4.61. The summed E-state index contributed by atoms with van der Waals surface area (Å²) in [6.45, 7) is 3.77. The summed E-state index contributed by atoms with van der Waals surface area (Å²) in [5, 5.41) is 0. The second kappa shape index (κ2) is 4.20. The fraction of sp³-hybridized carbons (Fsp3) is 0.571. The Morgan fingerprint density at radius 3 is 3.00 bits per heavy atom. The molecule has 0 N–H and O–H groups in total. The summed E-state index contributed by atoms with van der Waals surface area (Å²) in [4.78, 5) is 23.6. The molecule has 4 bridgehead atoms. The molecule has 0 aromatic rings. The molecular formula is C14H15BrO4. The molecule has 0 amide bonds. The van der Waals surface area contributed by atoms with Crippen molar-refractivity contribution in [1.82, 2.24) is 0 Å². The standard InChI is InChI=1S/C14H15BrO4/c1-3-4-9(16)18-11-8-5-6-14(15)10(7(8)2)13(17)19-12(11)14/h3-8,10-12H,1-2H3/b4-3+/t7-,8+,10-,11+,12-,14+/m0/s1. The van der Waals surface area contributed by atoms with Crippen LogP contribution >= 0.6 is 15.9 Å². The molecule has 1 saturated heterocycles. The zero-order valence-corrected chi connectivity index (χ0v) is 12.3. The third-order valence-corrected chi connectivity index (χ3v) is 5.56. The molecule has 0 spiro atoms. The molecule has 3 aliphatic carbocycles. The van der Waals surface area contributed by atoms with Crippen LogP contribution in [0.3, 0.4) is 0 Å². The smallest absolute Gasteiger partial charge is 0.330 e. The molecule has 0 radical (unpaired) electrons. The first-order valence-electron chi connectivity index (χ1n) is 6.41. The third-order valence-electron chi connectivity index (χ3n) is 4.35. The number of esters is 2. The molecule has 1 saturated carbocycles. The van der Waals surface area contributed by atoms with E-state index in [-0.39, 0.29) is 23.7 Å². The lowest BCUT2D eigenvalue weighted by molar-refractivity contribution is -0.160. The van der Waals surface area contributed by atoms with Crippen LogP contribution in [-0.2, 0) is 19.1 Å². The Hall–Kier alpha value is -1.10. The molecular weight excluding hydrogens is 312 g/mol. The summed E-state index contributed by atoms with van der Waals surface area (Å²) in [5.74, 6) is -0.650. The van der Waals surface area contributed by atoms with Crippen LogP contribution in [0.2, 0.25) is 0 Å². The van der Waals surface area contributed by atoms with Crippen molar-refractivity contribution in [2.24, 2.45) is 17.8 Å². The molecule has 0 unspecified atom stereocenters. The number of halogens is 1. The van der Waals surface area contributed by atoms with Crippen LogP contribution in [0.5, 0.6) is 0 Å². The molecule has 5 heteroatoms. The van der Waals surface area contributed by atoms with E-state index in [9.17, 15) is 9.59 Å². The molecule has 4 nitrogen and oxygen atoms in total. The van der Waals surface area contributed by atoms with Gasteiger partial charge in [-0.25, -0.2) is 4.79 Å². The van der Waals surface area contributed by atoms with E-state index >= 15 is 0 Å². The van der Waals surface area contributed by atoms with Crippen molar-refractivity contribution in [1.29, 1.82) is 0 Å². The van der Waals surface area contributed by atoms with Crippen LogP contribution in [0, 0.1) is 17.8 Å². The third kappa shape index (κ3) is 1.64. The van der Waals surface area contributed by atoms with Gasteiger partial charge in [0.2, 0.25) is 0 Å². The second-order valence-electron chi connectivity index (χ2n) is 5.36. The number of allylic oxidation sites excluding steroid dienone is 1. The SMILES string of the molecule is C/C=C/C(=O)O[C@@H]1[C@@H]2C=C[C@@]3(Br)[C@H](C(=O)O[C@@H]13)[C@H]2C. The zero-order chi connectivity index (χ0) is 13.8. The summed E-state index contributed by atoms with van der Waals surface area (Å²) in [7, 11) is 0. The van der Waals surface area contributed by atoms with E-state index in [0.717, 1.165) is 0 Å². The highest BCUT2D eigenvalue weighted by Gasteiger charge is 2.68. The van der Waals surface area contributed by atoms with Crippen molar-refractivity contribution in [3.8, 4) is 0 Å². The van der Waals surface area contributed by atoms with Gasteiger partial charge in [-0.05, 0) is 12.8 Å². The molecule has 1 aliphatic heterocycles. The van der Waals surface area contributed by atoms with Crippen LogP contribution < -0.4 is 0 Å². The van der Waals surface area contributed by atoms with Gasteiger partial charge in [0.1, 0.15) is 6.10 Å². The summed E-state index contributed by atoms with van der Waals surface area (Å²) >= 11 is 3.63. The molecule has 1 heterocycles. The molecule has 4 rings (SSSR count). The predicted molar refractivity (Wildman–Crippen MR) is 71.5 cm³/mol. The minimum atomic E-state index is -0.529. The Balaban J connectivity index is 1.94. The van der Waals surface area contributed by atoms with Crippen LogP contribution in [0.1, 0.15) is 13.8 Å². The van der Waals surface area contributed by atoms with Crippen molar-refractivity contribution in [2.45, 2.75) is 30.4 Å². The maximum atomic E-state index is 12.0. The molecule has 6 atom stereocenters. The number of ether oxygens (including phenoxy) is 2. The van der Waals surface area contributed by atoms with Gasteiger partial charge in [-0.1, -0.05) is 41.1 Å². The van der Waals surface area contributed by atoms with Gasteiger partial charge in [-0.2, -0.15) is 0 Å². The van der Waals surface area contributed by atoms with Crippen LogP contribution in [0.15, 0.2) is 24.3 Å². The fourth-order valence-electron chi connectivity index (χ4n) is 3.50. The minimum absolute atomic E-state index is 0.0371. The van der Waals surface area contributed by atoms with Gasteiger partial charge < -0.3 is 9.47 Å². The van der Waals surface area contributed by atoms with Gasteiger partial charge in [0.05, 0.1) is 10.2 Å². The Kier molecular flexibility index (Phi) is 2.85. The average molecular weight is 327 g/mol. The van der Waals surface area contributed by atoms with E-state index in [0.29, 0.717) is 0 Å². The van der Waals surface area contributed by atoms with Gasteiger partial charge in [0.25, 0.3) is 0 Å². The van der Waals surface area contributed by atoms with Gasteiger partial charge >= 0.3 is 11.9 Å². The summed E-state index contributed by atoms with van der Waals surface area (Å²) in [6.07, 6.45) is 6.19. The number of alkyl halides is 1. The largest absolute Gasteiger partial charge is 0.456 e. The normalized spacial score (nSPS) is 46.7. The lowest BCUT2D eigenvalue weighted by Gasteiger charge is -2.48. The molecule has 0 aromatic heterocycles. The molecule has 19 heavy (non-hydrogen) atoms. The Bertz CT molecular complexity index is 498. The maximum Gasteiger partial charge on any atom is 0.330 e. The van der Waals surface area contributed by atoms with Crippen LogP contribution in [0.4, 0.5) is 0 Å². The van der Waals surface area contributed by atoms with Crippen molar-refractivity contribution in [3.63, 3.8) is 0 Å². The van der Waals surface area contributed by atoms with Crippen LogP contribution in [-0.4, -0.2) is 28.5 Å². The van der Waals surface area contributed by atoms with Gasteiger partial charge in [0, 0.05) is 12.0 Å². The number of carbonyl (C=O) groups excluding carboxylic acids is 2. The average Bonchev–Trinajstić information content (AvgIpc) is 2.55. The Morgan fingerprint density at radius 1 is 1.58 bits per heavy atom. The van der Waals surface area contributed by atoms with Crippen molar-refractivity contribution < 1.29 is 19.1 Å². The first kappa shape index (κ1) is 12.9. The summed E-state index contributed by atoms with van der Waals surface area (Å²) in [5.41, 5.74) is 0. The minimum Gasteiger partial charge on any atom is -0.456 e. The second-order valence-corrected chi connectivity index (χ2v) is 6.73. The van der Waals surface area contributed by atoms with Gasteiger partial charge in [-0.3, -0.25) is 4.79 Å². The van der Waals surface area contributed by atoms with E-state index < -0.39 is 22.5 Å². The number of hydrogen-bond donors (Lipinski definition) is 0. The van der Waals surface area contributed by atoms with Crippen LogP contribution in [0.25, 0.3) is 0 Å². The van der Waals surface area contributed by atoms with Gasteiger partial charge in [-0.15, -0.1) is 0 Å². The molecule has 102 valence electrons. The highest BCUT2D eigenvalue weighted by molar-refractivity contribution is 9.10. The van der Waals surface area contributed by atoms with E-state index in [1.54, 1.807) is 13.0 Å². The molecule has 2 fully saturated rings. The topological polar surface area (TPSA) is 52.6 Å². The first-order valence-corrected chi connectivity index (χ1v) is 7.20. The summed E-state index contributed by atoms with van der Waals surface area (Å²) in [6, 6.07) is 0. The molecule has 4 aliphatic rings. The van der Waals surface area contributed by atoms with Crippen molar-refractivity contribution in [3.05, 3.63) is 24.3 Å². The van der Waals surface area contributed by atoms with E-state index in [1.807, 2.05) is 19.1 Å². The number of carbonyl (C=O) groups is 2. The quantitative estimate of drug-likeness (QED) is 0.337. The first-order chi connectivity index (χ1) is 8.99. The predicted octanol–water partition coefficient (Wildman–Crippen LogP) is 1.99. The van der Waals surface area contributed by atoms with Crippen molar-refractivity contribution in [2.75, 3.05) is 0 Å². The lowest BCUT2D eigenvalue weighted by atomic mass is 9.61. The van der Waals surface area contributed by atoms with E-state index in [2.05, 4.69) is 15.9 Å². The van der Waals surface area contributed by atoms with E-state index in [1.165, 1.54) is 6.08 Å². The number of hydrogen-bond acceptors (Lipinski definition) is 4. The lowest BCUT2D eigenvalue weighted by Crippen LogP contribution is -2.59. The monoisotopic (exact) mass is 326 g/mol. The zero-order valence-electron chi connectivity index (χ0n) is 10.7. The van der Waals surface area contributed by atoms with Crippen molar-refractivity contribution >= 4 is 27.9 Å². The van der Waals surface area contributed by atoms with Gasteiger partial charge in [0.15, 0.2) is 6.10 Å². The van der Waals surface area contributed by atoms with E-state index in [4.69, 9.17) is 9.47 Å². The summed E-state index contributed by atoms with van der Waals surface area (Å²) < 4.78 is 10.4.